The molecule has 7 heteroatoms. The molecule has 0 heterocycles. The Morgan fingerprint density at radius 1 is 0.700 bits per heavy atom. The zero-order chi connectivity index (χ0) is 29.7. The highest BCUT2D eigenvalue weighted by atomic mass is 32.2. The normalized spacial score (nSPS) is 14.2. The van der Waals surface area contributed by atoms with Gasteiger partial charge in [0.2, 0.25) is 5.91 Å². The molecule has 0 aromatic rings. The van der Waals surface area contributed by atoms with E-state index in [4.69, 9.17) is 0 Å². The lowest BCUT2D eigenvalue weighted by molar-refractivity contribution is -0.122. The van der Waals surface area contributed by atoms with Gasteiger partial charge in [-0.15, -0.1) is 0 Å². The third-order valence-corrected chi connectivity index (χ3v) is 7.58. The predicted octanol–water partition coefficient (Wildman–Crippen LogP) is 8.40. The number of allylic oxidation sites excluding steroid dienone is 8. The Labute approximate surface area is 246 Å². The standard InChI is InChI=1S/C33H59NO5S/c1-3-5-7-9-11-12-13-14-15-16-17-18-19-20-21-22-23-25-27-29-33(36)34-31(30-40(37,38)39)32(35)28-26-24-10-8-6-4-2/h5,7,11-12,14-15,17-18,31-32,35H,3-4,6,8-10,13,16,19-30H2,1-2H3,(H,34,36)(H,37,38,39)/b7-5-,12-11-,15-14-,18-17-. The summed E-state index contributed by atoms with van der Waals surface area (Å²) in [7, 11) is -4.30. The molecule has 2 unspecified atom stereocenters. The van der Waals surface area contributed by atoms with E-state index in [0.29, 0.717) is 12.8 Å². The second-order valence-corrected chi connectivity index (χ2v) is 12.2. The molecular weight excluding hydrogens is 522 g/mol. The van der Waals surface area contributed by atoms with Crippen molar-refractivity contribution < 1.29 is 22.9 Å². The minimum Gasteiger partial charge on any atom is -0.391 e. The fourth-order valence-electron chi connectivity index (χ4n) is 4.44. The molecular formula is C33H59NO5S. The van der Waals surface area contributed by atoms with Crippen molar-refractivity contribution in [3.05, 3.63) is 48.6 Å². The van der Waals surface area contributed by atoms with Gasteiger partial charge >= 0.3 is 0 Å². The molecule has 2 atom stereocenters. The van der Waals surface area contributed by atoms with E-state index < -0.39 is 28.0 Å². The molecule has 3 N–H and O–H groups in total. The maximum Gasteiger partial charge on any atom is 0.266 e. The number of carbonyl (C=O) groups is 1. The van der Waals surface area contributed by atoms with E-state index in [1.54, 1.807) is 0 Å². The smallest absolute Gasteiger partial charge is 0.266 e. The van der Waals surface area contributed by atoms with E-state index in [0.717, 1.165) is 89.9 Å². The summed E-state index contributed by atoms with van der Waals surface area (Å²) in [6, 6.07) is -0.975. The molecule has 0 aromatic carbocycles. The Bertz CT molecular complexity index is 817. The lowest BCUT2D eigenvalue weighted by Crippen LogP contribution is -2.47. The number of hydrogen-bond acceptors (Lipinski definition) is 4. The summed E-state index contributed by atoms with van der Waals surface area (Å²) < 4.78 is 32.1. The lowest BCUT2D eigenvalue weighted by Gasteiger charge is -2.23. The summed E-state index contributed by atoms with van der Waals surface area (Å²) in [5, 5.41) is 13.1. The van der Waals surface area contributed by atoms with Gasteiger partial charge in [-0.2, -0.15) is 8.42 Å². The Morgan fingerprint density at radius 2 is 1.20 bits per heavy atom. The molecule has 6 nitrogen and oxygen atoms in total. The molecule has 40 heavy (non-hydrogen) atoms. The number of unbranched alkanes of at least 4 members (excludes halogenated alkanes) is 11. The fraction of sp³-hybridized carbons (Fsp3) is 0.727. The third kappa shape index (κ3) is 27.9. The average Bonchev–Trinajstić information content (AvgIpc) is 2.90. The van der Waals surface area contributed by atoms with E-state index in [-0.39, 0.29) is 5.91 Å². The van der Waals surface area contributed by atoms with Gasteiger partial charge in [-0.1, -0.05) is 127 Å². The van der Waals surface area contributed by atoms with Crippen molar-refractivity contribution in [2.24, 2.45) is 0 Å². The Balaban J connectivity index is 3.93. The van der Waals surface area contributed by atoms with Crippen LogP contribution in [0.5, 0.6) is 0 Å². The molecule has 0 aliphatic carbocycles. The average molecular weight is 582 g/mol. The van der Waals surface area contributed by atoms with Crippen LogP contribution in [0.2, 0.25) is 0 Å². The van der Waals surface area contributed by atoms with Crippen LogP contribution in [0, 0.1) is 0 Å². The molecule has 0 saturated heterocycles. The van der Waals surface area contributed by atoms with Gasteiger partial charge in [0, 0.05) is 6.42 Å². The topological polar surface area (TPSA) is 104 Å². The van der Waals surface area contributed by atoms with Crippen LogP contribution >= 0.6 is 0 Å². The predicted molar refractivity (Wildman–Crippen MR) is 170 cm³/mol. The first-order valence-corrected chi connectivity index (χ1v) is 17.4. The van der Waals surface area contributed by atoms with Crippen LogP contribution in [-0.2, 0) is 14.9 Å². The molecule has 0 fully saturated rings. The van der Waals surface area contributed by atoms with E-state index >= 15 is 0 Å². The molecule has 0 saturated carbocycles. The van der Waals surface area contributed by atoms with Gasteiger partial charge in [0.25, 0.3) is 10.1 Å². The minimum absolute atomic E-state index is 0.269. The third-order valence-electron chi connectivity index (χ3n) is 6.80. The summed E-state index contributed by atoms with van der Waals surface area (Å²) in [4.78, 5) is 12.4. The second kappa shape index (κ2) is 27.5. The lowest BCUT2D eigenvalue weighted by atomic mass is 10.0. The van der Waals surface area contributed by atoms with Gasteiger partial charge in [0.15, 0.2) is 0 Å². The number of nitrogens with one attached hydrogen (secondary N) is 1. The molecule has 0 rings (SSSR count). The Morgan fingerprint density at radius 3 is 1.77 bits per heavy atom. The van der Waals surface area contributed by atoms with Crippen LogP contribution in [0.4, 0.5) is 0 Å². The quantitative estimate of drug-likeness (QED) is 0.0513. The first kappa shape index (κ1) is 38.3. The first-order chi connectivity index (χ1) is 19.3. The van der Waals surface area contributed by atoms with Crippen LogP contribution in [0.15, 0.2) is 48.6 Å². The molecule has 0 spiro atoms. The highest BCUT2D eigenvalue weighted by Crippen LogP contribution is 2.13. The molecule has 0 aromatic heterocycles. The molecule has 0 aliphatic heterocycles. The summed E-state index contributed by atoms with van der Waals surface area (Å²) in [6.45, 7) is 4.30. The van der Waals surface area contributed by atoms with Gasteiger partial charge in [-0.25, -0.2) is 0 Å². The van der Waals surface area contributed by atoms with Gasteiger partial charge in [0.05, 0.1) is 17.9 Å². The Kier molecular flexibility index (Phi) is 26.3. The first-order valence-electron chi connectivity index (χ1n) is 15.8. The minimum atomic E-state index is -4.30. The van der Waals surface area contributed by atoms with E-state index in [1.807, 2.05) is 0 Å². The number of rotatable bonds is 27. The van der Waals surface area contributed by atoms with Crippen molar-refractivity contribution in [1.29, 1.82) is 0 Å². The summed E-state index contributed by atoms with van der Waals surface area (Å²) in [6.07, 6.45) is 35.1. The maximum absolute atomic E-state index is 12.4. The van der Waals surface area contributed by atoms with E-state index in [2.05, 4.69) is 67.8 Å². The van der Waals surface area contributed by atoms with Gasteiger partial charge in [-0.05, 0) is 51.4 Å². The van der Waals surface area contributed by atoms with Gasteiger partial charge in [-0.3, -0.25) is 9.35 Å². The maximum atomic E-state index is 12.4. The van der Waals surface area contributed by atoms with Crippen molar-refractivity contribution in [2.45, 2.75) is 148 Å². The van der Waals surface area contributed by atoms with Crippen LogP contribution in [0.25, 0.3) is 0 Å². The zero-order valence-corrected chi connectivity index (χ0v) is 26.3. The number of aliphatic hydroxyl groups is 1. The van der Waals surface area contributed by atoms with E-state index in [9.17, 15) is 22.9 Å². The van der Waals surface area contributed by atoms with Crippen LogP contribution in [0.1, 0.15) is 136 Å². The molecule has 0 radical (unpaired) electrons. The zero-order valence-electron chi connectivity index (χ0n) is 25.4. The molecule has 1 amide bonds. The fourth-order valence-corrected chi connectivity index (χ4v) is 5.20. The SMILES string of the molecule is CC/C=C\C/C=C\C/C=C\C/C=C\CCCCCCCCC(=O)NC(CS(=O)(=O)O)C(O)CCCCCCCC. The highest BCUT2D eigenvalue weighted by Gasteiger charge is 2.25. The van der Waals surface area contributed by atoms with Crippen LogP contribution in [0.3, 0.4) is 0 Å². The number of hydrogen-bond donors (Lipinski definition) is 3. The number of aliphatic hydroxyl groups excluding tert-OH is 1. The van der Waals surface area contributed by atoms with Crippen LogP contribution < -0.4 is 5.32 Å². The molecule has 0 bridgehead atoms. The van der Waals surface area contributed by atoms with E-state index in [1.165, 1.54) is 19.3 Å². The second-order valence-electron chi connectivity index (χ2n) is 10.7. The van der Waals surface area contributed by atoms with Gasteiger partial charge in [0.1, 0.15) is 0 Å². The number of amides is 1. The van der Waals surface area contributed by atoms with Gasteiger partial charge < -0.3 is 10.4 Å². The summed E-state index contributed by atoms with van der Waals surface area (Å²) in [5.41, 5.74) is 0. The Hall–Kier alpha value is -1.70. The monoisotopic (exact) mass is 581 g/mol. The highest BCUT2D eigenvalue weighted by molar-refractivity contribution is 7.85. The van der Waals surface area contributed by atoms with Crippen molar-refractivity contribution in [1.82, 2.24) is 5.32 Å². The largest absolute Gasteiger partial charge is 0.391 e. The van der Waals surface area contributed by atoms with Crippen molar-refractivity contribution >= 4 is 16.0 Å². The van der Waals surface area contributed by atoms with Crippen molar-refractivity contribution in [3.8, 4) is 0 Å². The summed E-state index contributed by atoms with van der Waals surface area (Å²) >= 11 is 0. The molecule has 232 valence electrons. The summed E-state index contributed by atoms with van der Waals surface area (Å²) in [5.74, 6) is -0.926. The molecule has 0 aliphatic rings. The van der Waals surface area contributed by atoms with Crippen molar-refractivity contribution in [3.63, 3.8) is 0 Å². The van der Waals surface area contributed by atoms with Crippen LogP contribution in [-0.4, -0.2) is 41.9 Å². The van der Waals surface area contributed by atoms with Crippen molar-refractivity contribution in [2.75, 3.05) is 5.75 Å². The number of carbonyl (C=O) groups excluding carboxylic acids is 1.